The van der Waals surface area contributed by atoms with Crippen molar-refractivity contribution in [1.29, 1.82) is 0 Å². The fourth-order valence-electron chi connectivity index (χ4n) is 2.77. The molecule has 0 aliphatic carbocycles. The topological polar surface area (TPSA) is 15.3 Å². The summed E-state index contributed by atoms with van der Waals surface area (Å²) in [5.41, 5.74) is 1.25. The van der Waals surface area contributed by atoms with Gasteiger partial charge in [0.25, 0.3) is 0 Å². The highest BCUT2D eigenvalue weighted by atomic mass is 79.9. The van der Waals surface area contributed by atoms with Gasteiger partial charge in [-0.15, -0.1) is 0 Å². The molecule has 1 aromatic rings. The number of hydrogen-bond donors (Lipinski definition) is 1. The molecule has 19 heavy (non-hydrogen) atoms. The number of nitrogens with zero attached hydrogens (tertiary/aromatic N) is 1. The Bertz CT molecular complexity index is 446. The first-order chi connectivity index (χ1) is 9.01. The van der Waals surface area contributed by atoms with Gasteiger partial charge in [0.15, 0.2) is 0 Å². The van der Waals surface area contributed by atoms with Crippen LogP contribution in [0.2, 0.25) is 0 Å². The third-order valence-electron chi connectivity index (χ3n) is 4.35. The van der Waals surface area contributed by atoms with Crippen LogP contribution in [0, 0.1) is 5.82 Å². The summed E-state index contributed by atoms with van der Waals surface area (Å²) in [5, 5.41) is 3.68. The molecule has 1 aliphatic rings. The number of anilines is 1. The van der Waals surface area contributed by atoms with Crippen molar-refractivity contribution in [3.05, 3.63) is 28.5 Å². The lowest BCUT2D eigenvalue weighted by atomic mass is 9.88. The molecule has 2 nitrogen and oxygen atoms in total. The number of piperazine rings is 1. The van der Waals surface area contributed by atoms with Crippen LogP contribution in [-0.2, 0) is 0 Å². The highest BCUT2D eigenvalue weighted by Gasteiger charge is 2.35. The number of benzene rings is 1. The number of rotatable bonds is 3. The first-order valence-electron chi connectivity index (χ1n) is 6.98. The molecule has 1 atom stereocenters. The Labute approximate surface area is 123 Å². The molecule has 1 heterocycles. The molecule has 4 heteroatoms. The van der Waals surface area contributed by atoms with Crippen molar-refractivity contribution < 1.29 is 4.39 Å². The molecule has 0 aromatic heterocycles. The molecule has 1 unspecified atom stereocenters. The lowest BCUT2D eigenvalue weighted by Crippen LogP contribution is -2.63. The molecule has 1 aromatic carbocycles. The molecule has 0 spiro atoms. The second kappa shape index (κ2) is 5.80. The number of hydrogen-bond acceptors (Lipinski definition) is 2. The Morgan fingerprint density at radius 1 is 1.42 bits per heavy atom. The van der Waals surface area contributed by atoms with Gasteiger partial charge in [-0.05, 0) is 53.9 Å². The fourth-order valence-corrected chi connectivity index (χ4v) is 3.35. The quantitative estimate of drug-likeness (QED) is 0.903. The van der Waals surface area contributed by atoms with E-state index in [1.165, 1.54) is 6.07 Å². The van der Waals surface area contributed by atoms with Crippen molar-refractivity contribution in [3.8, 4) is 0 Å². The zero-order valence-electron chi connectivity index (χ0n) is 11.8. The molecular weight excluding hydrogens is 307 g/mol. The van der Waals surface area contributed by atoms with Crippen LogP contribution in [-0.4, -0.2) is 24.7 Å². The Kier molecular flexibility index (Phi) is 4.51. The minimum atomic E-state index is -0.198. The summed E-state index contributed by atoms with van der Waals surface area (Å²) >= 11 is 3.49. The summed E-state index contributed by atoms with van der Waals surface area (Å²) in [5.74, 6) is -0.198. The second-order valence-electron chi connectivity index (χ2n) is 5.44. The molecule has 1 N–H and O–H groups in total. The molecule has 1 fully saturated rings. The standard InChI is InChI=1S/C15H22BrFN2/c1-4-15(5-2)10-19(11(3)9-18-15)14-7-6-12(17)8-13(14)16/h6-8,11,18H,4-5,9-10H2,1-3H3. The summed E-state index contributed by atoms with van der Waals surface area (Å²) < 4.78 is 14.1. The average Bonchev–Trinajstić information content (AvgIpc) is 2.41. The molecular formula is C15H22BrFN2. The fraction of sp³-hybridized carbons (Fsp3) is 0.600. The Morgan fingerprint density at radius 2 is 2.11 bits per heavy atom. The molecule has 0 amide bonds. The van der Waals surface area contributed by atoms with Gasteiger partial charge in [-0.3, -0.25) is 0 Å². The van der Waals surface area contributed by atoms with E-state index in [0.29, 0.717) is 6.04 Å². The van der Waals surface area contributed by atoms with Gasteiger partial charge in [0.05, 0.1) is 5.69 Å². The molecule has 0 radical (unpaired) electrons. The van der Waals surface area contributed by atoms with Crippen molar-refractivity contribution in [2.45, 2.75) is 45.2 Å². The average molecular weight is 329 g/mol. The van der Waals surface area contributed by atoms with Gasteiger partial charge < -0.3 is 10.2 Å². The van der Waals surface area contributed by atoms with Crippen LogP contribution in [0.5, 0.6) is 0 Å². The van der Waals surface area contributed by atoms with Crippen LogP contribution in [0.15, 0.2) is 22.7 Å². The summed E-state index contributed by atoms with van der Waals surface area (Å²) in [4.78, 5) is 2.38. The minimum Gasteiger partial charge on any atom is -0.365 e. The molecule has 106 valence electrons. The number of halogens is 2. The van der Waals surface area contributed by atoms with Crippen molar-refractivity contribution in [2.24, 2.45) is 0 Å². The van der Waals surface area contributed by atoms with Crippen molar-refractivity contribution in [3.63, 3.8) is 0 Å². The minimum absolute atomic E-state index is 0.167. The van der Waals surface area contributed by atoms with Gasteiger partial charge >= 0.3 is 0 Å². The van der Waals surface area contributed by atoms with E-state index in [4.69, 9.17) is 0 Å². The third kappa shape index (κ3) is 2.95. The van der Waals surface area contributed by atoms with Gasteiger partial charge in [0, 0.05) is 29.1 Å². The van der Waals surface area contributed by atoms with Gasteiger partial charge in [-0.25, -0.2) is 4.39 Å². The van der Waals surface area contributed by atoms with E-state index in [1.807, 2.05) is 6.07 Å². The molecule has 1 aliphatic heterocycles. The Hall–Kier alpha value is -0.610. The first-order valence-corrected chi connectivity index (χ1v) is 7.77. The smallest absolute Gasteiger partial charge is 0.124 e. The van der Waals surface area contributed by atoms with E-state index in [2.05, 4.69) is 46.9 Å². The molecule has 0 saturated carbocycles. The molecule has 0 bridgehead atoms. The van der Waals surface area contributed by atoms with Crippen molar-refractivity contribution in [2.75, 3.05) is 18.0 Å². The van der Waals surface area contributed by atoms with Gasteiger partial charge in [0.2, 0.25) is 0 Å². The lowest BCUT2D eigenvalue weighted by Gasteiger charge is -2.48. The predicted molar refractivity (Wildman–Crippen MR) is 82.2 cm³/mol. The Morgan fingerprint density at radius 3 is 2.68 bits per heavy atom. The van der Waals surface area contributed by atoms with Crippen LogP contribution in [0.25, 0.3) is 0 Å². The van der Waals surface area contributed by atoms with Crippen LogP contribution in [0.3, 0.4) is 0 Å². The second-order valence-corrected chi connectivity index (χ2v) is 6.30. The van der Waals surface area contributed by atoms with Crippen molar-refractivity contribution >= 4 is 21.6 Å². The summed E-state index contributed by atoms with van der Waals surface area (Å²) in [7, 11) is 0. The number of nitrogens with one attached hydrogen (secondary N) is 1. The maximum atomic E-state index is 13.2. The normalized spacial score (nSPS) is 22.6. The van der Waals surface area contributed by atoms with E-state index in [1.54, 1.807) is 6.07 Å². The zero-order valence-corrected chi connectivity index (χ0v) is 13.4. The Balaban J connectivity index is 2.31. The summed E-state index contributed by atoms with van der Waals surface area (Å²) in [6.07, 6.45) is 2.21. The maximum Gasteiger partial charge on any atom is 0.124 e. The highest BCUT2D eigenvalue weighted by Crippen LogP contribution is 2.33. The van der Waals surface area contributed by atoms with Crippen LogP contribution in [0.4, 0.5) is 10.1 Å². The van der Waals surface area contributed by atoms with Crippen LogP contribution < -0.4 is 10.2 Å². The van der Waals surface area contributed by atoms with E-state index in [-0.39, 0.29) is 11.4 Å². The van der Waals surface area contributed by atoms with Crippen LogP contribution in [0.1, 0.15) is 33.6 Å². The zero-order chi connectivity index (χ0) is 14.0. The van der Waals surface area contributed by atoms with E-state index >= 15 is 0 Å². The SMILES string of the molecule is CCC1(CC)CN(c2ccc(F)cc2Br)C(C)CN1. The monoisotopic (exact) mass is 328 g/mol. The van der Waals surface area contributed by atoms with E-state index in [0.717, 1.165) is 36.1 Å². The predicted octanol–water partition coefficient (Wildman–Crippen LogP) is 3.95. The summed E-state index contributed by atoms with van der Waals surface area (Å²) in [6, 6.07) is 5.36. The van der Waals surface area contributed by atoms with Gasteiger partial charge in [0.1, 0.15) is 5.82 Å². The molecule has 2 rings (SSSR count). The third-order valence-corrected chi connectivity index (χ3v) is 4.99. The maximum absolute atomic E-state index is 13.2. The van der Waals surface area contributed by atoms with E-state index < -0.39 is 0 Å². The first kappa shape index (κ1) is 14.8. The van der Waals surface area contributed by atoms with Gasteiger partial charge in [-0.1, -0.05) is 13.8 Å². The van der Waals surface area contributed by atoms with E-state index in [9.17, 15) is 4.39 Å². The van der Waals surface area contributed by atoms with Gasteiger partial charge in [-0.2, -0.15) is 0 Å². The molecule has 1 saturated heterocycles. The van der Waals surface area contributed by atoms with Crippen molar-refractivity contribution in [1.82, 2.24) is 5.32 Å². The lowest BCUT2D eigenvalue weighted by molar-refractivity contribution is 0.253. The summed E-state index contributed by atoms with van der Waals surface area (Å²) in [6.45, 7) is 8.59. The highest BCUT2D eigenvalue weighted by molar-refractivity contribution is 9.10. The van der Waals surface area contributed by atoms with Crippen LogP contribution >= 0.6 is 15.9 Å². The largest absolute Gasteiger partial charge is 0.365 e.